The lowest BCUT2D eigenvalue weighted by atomic mass is 10.1. The zero-order valence-corrected chi connectivity index (χ0v) is 46.1. The van der Waals surface area contributed by atoms with Crippen LogP contribution in [-0.2, 0) is 28.6 Å². The lowest BCUT2D eigenvalue weighted by Gasteiger charge is -2.18. The summed E-state index contributed by atoms with van der Waals surface area (Å²) >= 11 is 0. The van der Waals surface area contributed by atoms with Gasteiger partial charge >= 0.3 is 17.9 Å². The molecule has 0 saturated carbocycles. The molecule has 0 aromatic carbocycles. The first-order valence-corrected chi connectivity index (χ1v) is 28.3. The number of unbranched alkanes of at least 4 members (excludes halogenated alkanes) is 8. The molecule has 0 heterocycles. The quantitative estimate of drug-likeness (QED) is 0.0262. The van der Waals surface area contributed by atoms with Gasteiger partial charge in [-0.1, -0.05) is 235 Å². The lowest BCUT2D eigenvalue weighted by Crippen LogP contribution is -2.30. The number of carbonyl (C=O) groups excluding carboxylic acids is 3. The third kappa shape index (κ3) is 57.3. The number of rotatable bonds is 48. The second-order valence-corrected chi connectivity index (χ2v) is 17.7. The van der Waals surface area contributed by atoms with E-state index < -0.39 is 12.1 Å². The van der Waals surface area contributed by atoms with Crippen molar-refractivity contribution in [2.24, 2.45) is 0 Å². The third-order valence-corrected chi connectivity index (χ3v) is 10.9. The number of hydrogen-bond acceptors (Lipinski definition) is 6. The highest BCUT2D eigenvalue weighted by molar-refractivity contribution is 5.72. The van der Waals surface area contributed by atoms with Gasteiger partial charge in [0.1, 0.15) is 13.2 Å². The Hall–Kier alpha value is -5.49. The Kier molecular flexibility index (Phi) is 54.6. The summed E-state index contributed by atoms with van der Waals surface area (Å²) in [6.07, 6.45) is 89.1. The molecule has 6 nitrogen and oxygen atoms in total. The molecule has 0 aliphatic heterocycles. The van der Waals surface area contributed by atoms with Crippen molar-refractivity contribution in [2.75, 3.05) is 13.2 Å². The highest BCUT2D eigenvalue weighted by Crippen LogP contribution is 2.12. The standard InChI is InChI=1S/C67H100O6/c1-4-7-10-13-16-19-22-25-28-30-31-32-33-34-35-37-39-42-45-48-51-54-57-60-66(69)72-63-64(62-71-65(68)59-56-53-50-47-44-41-38-27-24-21-18-15-12-9-6-3)73-67(70)61-58-55-52-49-46-43-40-36-29-26-23-20-17-14-11-8-5-2/h7-12,16-21,25-29,31-32,34-35,38-39,42,44,47-48,51,53,56,64H,4-6,13-15,22-24,30,33,36-37,40-41,43,45-46,49-50,52,54-55,57-63H2,1-3H3/b10-7-,11-8-,12-9-,19-16-,20-17-,21-18-,28-25-,29-26-,32-31-,35-34-,38-27-,42-39-,47-44-,51-48-,56-53-. The summed E-state index contributed by atoms with van der Waals surface area (Å²) in [5.74, 6) is -1.16. The number of hydrogen-bond donors (Lipinski definition) is 0. The minimum atomic E-state index is -0.858. The summed E-state index contributed by atoms with van der Waals surface area (Å²) in [7, 11) is 0. The molecule has 1 atom stereocenters. The van der Waals surface area contributed by atoms with Gasteiger partial charge < -0.3 is 14.2 Å². The van der Waals surface area contributed by atoms with E-state index in [1.54, 1.807) is 6.08 Å². The van der Waals surface area contributed by atoms with Gasteiger partial charge in [0.2, 0.25) is 0 Å². The normalized spacial score (nSPS) is 13.5. The van der Waals surface area contributed by atoms with Gasteiger partial charge in [-0.25, -0.2) is 0 Å². The Morgan fingerprint density at radius 3 is 0.932 bits per heavy atom. The van der Waals surface area contributed by atoms with Gasteiger partial charge in [-0.05, 0) is 128 Å². The smallest absolute Gasteiger partial charge is 0.309 e. The van der Waals surface area contributed by atoms with Gasteiger partial charge in [-0.15, -0.1) is 0 Å². The summed E-state index contributed by atoms with van der Waals surface area (Å²) in [4.78, 5) is 38.1. The topological polar surface area (TPSA) is 78.9 Å². The first kappa shape index (κ1) is 67.5. The molecule has 0 aromatic heterocycles. The fourth-order valence-electron chi connectivity index (χ4n) is 6.81. The van der Waals surface area contributed by atoms with Crippen LogP contribution in [-0.4, -0.2) is 37.2 Å². The van der Waals surface area contributed by atoms with E-state index >= 15 is 0 Å². The number of esters is 3. The Morgan fingerprint density at radius 2 is 0.562 bits per heavy atom. The zero-order valence-electron chi connectivity index (χ0n) is 46.1. The third-order valence-electron chi connectivity index (χ3n) is 10.9. The highest BCUT2D eigenvalue weighted by atomic mass is 16.6. The van der Waals surface area contributed by atoms with E-state index in [-0.39, 0.29) is 44.4 Å². The summed E-state index contributed by atoms with van der Waals surface area (Å²) in [6.45, 7) is 6.13. The maximum Gasteiger partial charge on any atom is 0.309 e. The van der Waals surface area contributed by atoms with Gasteiger partial charge in [-0.2, -0.15) is 0 Å². The lowest BCUT2D eigenvalue weighted by molar-refractivity contribution is -0.166. The van der Waals surface area contributed by atoms with Crippen molar-refractivity contribution >= 4 is 17.9 Å². The predicted molar refractivity (Wildman–Crippen MR) is 315 cm³/mol. The van der Waals surface area contributed by atoms with Crippen molar-refractivity contribution < 1.29 is 28.6 Å². The van der Waals surface area contributed by atoms with Crippen LogP contribution in [0.1, 0.15) is 201 Å². The fraction of sp³-hybridized carbons (Fsp3) is 0.507. The molecule has 0 amide bonds. The van der Waals surface area contributed by atoms with E-state index in [1.165, 1.54) is 19.3 Å². The Balaban J connectivity index is 4.63. The van der Waals surface area contributed by atoms with Crippen molar-refractivity contribution in [3.8, 4) is 0 Å². The van der Waals surface area contributed by atoms with E-state index in [1.807, 2.05) is 6.08 Å². The van der Waals surface area contributed by atoms with E-state index in [4.69, 9.17) is 14.2 Å². The van der Waals surface area contributed by atoms with Gasteiger partial charge in [0.25, 0.3) is 0 Å². The zero-order chi connectivity index (χ0) is 52.9. The maximum absolute atomic E-state index is 12.9. The average molecular weight is 1000 g/mol. The SMILES string of the molecule is CC/C=C\C/C=C\C/C=C\C/C=C\C/C=C\C/C=C\C/C=C\CCCC(=O)OCC(COC(=O)C/C=C\C/C=C\C/C=C\C/C=C\C/C=C\CC)OC(=O)CCCCCCCCC/C=C\C/C=C\C/C=C\CC. The molecule has 404 valence electrons. The first-order chi connectivity index (χ1) is 36.0. The van der Waals surface area contributed by atoms with Crippen LogP contribution in [0.5, 0.6) is 0 Å². The molecule has 0 N–H and O–H groups in total. The van der Waals surface area contributed by atoms with Gasteiger partial charge in [-0.3, -0.25) is 14.4 Å². The molecule has 6 heteroatoms. The predicted octanol–water partition coefficient (Wildman–Crippen LogP) is 19.3. The minimum absolute atomic E-state index is 0.104. The molecule has 0 bridgehead atoms. The van der Waals surface area contributed by atoms with Crippen LogP contribution in [0.3, 0.4) is 0 Å². The monoisotopic (exact) mass is 1000 g/mol. The van der Waals surface area contributed by atoms with Gasteiger partial charge in [0.05, 0.1) is 6.42 Å². The molecular formula is C67H100O6. The molecule has 1 unspecified atom stereocenters. The van der Waals surface area contributed by atoms with Crippen LogP contribution >= 0.6 is 0 Å². The van der Waals surface area contributed by atoms with Gasteiger partial charge in [0.15, 0.2) is 6.10 Å². The number of carbonyl (C=O) groups is 3. The van der Waals surface area contributed by atoms with Gasteiger partial charge in [0, 0.05) is 12.8 Å². The molecular weight excluding hydrogens is 901 g/mol. The molecule has 0 spiro atoms. The van der Waals surface area contributed by atoms with Crippen molar-refractivity contribution in [3.05, 3.63) is 182 Å². The van der Waals surface area contributed by atoms with E-state index in [0.29, 0.717) is 12.8 Å². The highest BCUT2D eigenvalue weighted by Gasteiger charge is 2.19. The minimum Gasteiger partial charge on any atom is -0.462 e. The number of ether oxygens (including phenoxy) is 3. The Bertz CT molecular complexity index is 1770. The maximum atomic E-state index is 12.9. The molecule has 0 radical (unpaired) electrons. The van der Waals surface area contributed by atoms with Crippen LogP contribution in [0.25, 0.3) is 0 Å². The van der Waals surface area contributed by atoms with Crippen LogP contribution in [0.15, 0.2) is 182 Å². The average Bonchev–Trinajstić information content (AvgIpc) is 3.39. The molecule has 0 aliphatic rings. The fourth-order valence-corrected chi connectivity index (χ4v) is 6.81. The van der Waals surface area contributed by atoms with Crippen LogP contribution in [0.2, 0.25) is 0 Å². The van der Waals surface area contributed by atoms with E-state index in [2.05, 4.69) is 191 Å². The van der Waals surface area contributed by atoms with Crippen molar-refractivity contribution in [3.63, 3.8) is 0 Å². The van der Waals surface area contributed by atoms with E-state index in [9.17, 15) is 14.4 Å². The summed E-state index contributed by atoms with van der Waals surface area (Å²) in [5, 5.41) is 0. The molecule has 0 saturated heterocycles. The van der Waals surface area contributed by atoms with Crippen LogP contribution in [0.4, 0.5) is 0 Å². The first-order valence-electron chi connectivity index (χ1n) is 28.3. The molecule has 73 heavy (non-hydrogen) atoms. The molecule has 0 aromatic rings. The van der Waals surface area contributed by atoms with Crippen molar-refractivity contribution in [1.82, 2.24) is 0 Å². The number of allylic oxidation sites excluding steroid dienone is 29. The Morgan fingerprint density at radius 1 is 0.288 bits per heavy atom. The molecule has 0 aliphatic carbocycles. The second kappa shape index (κ2) is 59.1. The summed E-state index contributed by atoms with van der Waals surface area (Å²) in [6, 6.07) is 0. The molecule has 0 rings (SSSR count). The largest absolute Gasteiger partial charge is 0.462 e. The second-order valence-electron chi connectivity index (χ2n) is 17.7. The van der Waals surface area contributed by atoms with Crippen LogP contribution < -0.4 is 0 Å². The van der Waals surface area contributed by atoms with E-state index in [0.717, 1.165) is 128 Å². The van der Waals surface area contributed by atoms with Crippen LogP contribution in [0, 0.1) is 0 Å². The van der Waals surface area contributed by atoms with Crippen molar-refractivity contribution in [1.29, 1.82) is 0 Å². The molecule has 0 fully saturated rings. The van der Waals surface area contributed by atoms with Crippen molar-refractivity contribution in [2.45, 2.75) is 207 Å². The summed E-state index contributed by atoms with van der Waals surface area (Å²) < 4.78 is 16.7. The summed E-state index contributed by atoms with van der Waals surface area (Å²) in [5.41, 5.74) is 0. The Labute approximate surface area is 446 Å².